The number of rotatable bonds is 3. The Kier molecular flexibility index (Phi) is 4.49. The average molecular weight is 221 g/mol. The van der Waals surface area contributed by atoms with Gasteiger partial charge in [0.05, 0.1) is 27.9 Å². The molecule has 0 aliphatic carbocycles. The summed E-state index contributed by atoms with van der Waals surface area (Å²) in [5.41, 5.74) is 6.09. The van der Waals surface area contributed by atoms with Gasteiger partial charge in [-0.1, -0.05) is 11.8 Å². The number of nitrogens with two attached hydrogens (primary N) is 1. The van der Waals surface area contributed by atoms with Gasteiger partial charge in [0.2, 0.25) is 5.75 Å². The minimum Gasteiger partial charge on any atom is -0.493 e. The van der Waals surface area contributed by atoms with E-state index in [1.807, 2.05) is 0 Å². The fourth-order valence-electron chi connectivity index (χ4n) is 1.31. The number of ether oxygens (including phenoxy) is 3. The largest absolute Gasteiger partial charge is 0.493 e. The van der Waals surface area contributed by atoms with Gasteiger partial charge in [0.15, 0.2) is 11.5 Å². The molecule has 16 heavy (non-hydrogen) atoms. The molecule has 0 bridgehead atoms. The predicted molar refractivity (Wildman–Crippen MR) is 62.0 cm³/mol. The van der Waals surface area contributed by atoms with Gasteiger partial charge in [-0.15, -0.1) is 0 Å². The van der Waals surface area contributed by atoms with E-state index in [-0.39, 0.29) is 0 Å². The molecule has 0 fully saturated rings. The van der Waals surface area contributed by atoms with Crippen molar-refractivity contribution in [2.45, 2.75) is 0 Å². The molecule has 1 rings (SSSR count). The lowest BCUT2D eigenvalue weighted by atomic mass is 10.2. The van der Waals surface area contributed by atoms with E-state index in [1.165, 1.54) is 0 Å². The highest BCUT2D eigenvalue weighted by Gasteiger charge is 2.11. The van der Waals surface area contributed by atoms with E-state index in [0.29, 0.717) is 23.8 Å². The summed E-state index contributed by atoms with van der Waals surface area (Å²) < 4.78 is 15.6. The summed E-state index contributed by atoms with van der Waals surface area (Å²) >= 11 is 0. The molecule has 0 aliphatic rings. The minimum atomic E-state index is 0.316. The summed E-state index contributed by atoms with van der Waals surface area (Å²) in [6.07, 6.45) is 0. The van der Waals surface area contributed by atoms with Crippen molar-refractivity contribution >= 4 is 0 Å². The molecule has 0 saturated heterocycles. The van der Waals surface area contributed by atoms with Gasteiger partial charge < -0.3 is 19.9 Å². The van der Waals surface area contributed by atoms with Crippen molar-refractivity contribution in [2.24, 2.45) is 5.73 Å². The molecule has 0 aromatic heterocycles. The molecule has 4 nitrogen and oxygen atoms in total. The first kappa shape index (κ1) is 12.2. The van der Waals surface area contributed by atoms with Crippen molar-refractivity contribution < 1.29 is 14.2 Å². The molecule has 4 heteroatoms. The van der Waals surface area contributed by atoms with Crippen molar-refractivity contribution in [3.8, 4) is 29.1 Å². The van der Waals surface area contributed by atoms with E-state index in [0.717, 1.165) is 5.56 Å². The van der Waals surface area contributed by atoms with Gasteiger partial charge in [0.25, 0.3) is 0 Å². The van der Waals surface area contributed by atoms with E-state index < -0.39 is 0 Å². The summed E-state index contributed by atoms with van der Waals surface area (Å²) in [4.78, 5) is 0. The standard InChI is InChI=1S/C12H15NO3/c1-14-10-7-9(5-4-6-13)8-11(15-2)12(10)16-3/h7-8H,6,13H2,1-3H3. The first-order valence-electron chi connectivity index (χ1n) is 4.75. The lowest BCUT2D eigenvalue weighted by Gasteiger charge is -2.12. The van der Waals surface area contributed by atoms with E-state index in [2.05, 4.69) is 11.8 Å². The van der Waals surface area contributed by atoms with Crippen molar-refractivity contribution in [1.82, 2.24) is 0 Å². The first-order chi connectivity index (χ1) is 7.76. The van der Waals surface area contributed by atoms with Gasteiger partial charge >= 0.3 is 0 Å². The fraction of sp³-hybridized carbons (Fsp3) is 0.333. The highest BCUT2D eigenvalue weighted by atomic mass is 16.5. The summed E-state index contributed by atoms with van der Waals surface area (Å²) in [7, 11) is 4.69. The average Bonchev–Trinajstić information content (AvgIpc) is 2.34. The molecule has 2 N–H and O–H groups in total. The number of methoxy groups -OCH3 is 3. The second-order valence-corrected chi connectivity index (χ2v) is 2.92. The van der Waals surface area contributed by atoms with Crippen molar-refractivity contribution in [2.75, 3.05) is 27.9 Å². The van der Waals surface area contributed by atoms with Crippen LogP contribution in [0.4, 0.5) is 0 Å². The highest BCUT2D eigenvalue weighted by Crippen LogP contribution is 2.37. The van der Waals surface area contributed by atoms with E-state index >= 15 is 0 Å². The summed E-state index contributed by atoms with van der Waals surface area (Å²) in [6, 6.07) is 3.56. The van der Waals surface area contributed by atoms with Gasteiger partial charge in [-0.3, -0.25) is 0 Å². The summed E-state index contributed by atoms with van der Waals surface area (Å²) in [5.74, 6) is 7.42. The van der Waals surface area contributed by atoms with Crippen LogP contribution in [0.3, 0.4) is 0 Å². The smallest absolute Gasteiger partial charge is 0.203 e. The molecule has 0 aliphatic heterocycles. The van der Waals surface area contributed by atoms with Crippen LogP contribution in [0.15, 0.2) is 12.1 Å². The molecule has 0 amide bonds. The molecule has 0 unspecified atom stereocenters. The Labute approximate surface area is 95.3 Å². The van der Waals surface area contributed by atoms with Gasteiger partial charge in [-0.25, -0.2) is 0 Å². The zero-order valence-electron chi connectivity index (χ0n) is 9.66. The monoisotopic (exact) mass is 221 g/mol. The van der Waals surface area contributed by atoms with Crippen LogP contribution in [-0.4, -0.2) is 27.9 Å². The molecule has 0 spiro atoms. The molecule has 1 aromatic carbocycles. The number of hydrogen-bond acceptors (Lipinski definition) is 4. The second kappa shape index (κ2) is 5.89. The zero-order valence-corrected chi connectivity index (χ0v) is 9.66. The zero-order chi connectivity index (χ0) is 12.0. The maximum Gasteiger partial charge on any atom is 0.203 e. The topological polar surface area (TPSA) is 53.7 Å². The maximum absolute atomic E-state index is 5.31. The lowest BCUT2D eigenvalue weighted by Crippen LogP contribution is -1.96. The van der Waals surface area contributed by atoms with Crippen LogP contribution in [0, 0.1) is 11.8 Å². The Balaban J connectivity index is 3.25. The Bertz CT molecular complexity index is 393. The molecular formula is C12H15NO3. The second-order valence-electron chi connectivity index (χ2n) is 2.92. The van der Waals surface area contributed by atoms with Crippen LogP contribution in [0.2, 0.25) is 0 Å². The Hall–Kier alpha value is -1.86. The van der Waals surface area contributed by atoms with Crippen LogP contribution in [-0.2, 0) is 0 Å². The maximum atomic E-state index is 5.31. The molecule has 0 atom stereocenters. The third kappa shape index (κ3) is 2.59. The van der Waals surface area contributed by atoms with Crippen molar-refractivity contribution in [3.05, 3.63) is 17.7 Å². The molecular weight excluding hydrogens is 206 g/mol. The normalized spacial score (nSPS) is 9.00. The third-order valence-electron chi connectivity index (χ3n) is 2.00. The van der Waals surface area contributed by atoms with Gasteiger partial charge in [0, 0.05) is 5.56 Å². The van der Waals surface area contributed by atoms with Gasteiger partial charge in [-0.2, -0.15) is 0 Å². The van der Waals surface area contributed by atoms with Gasteiger partial charge in [0.1, 0.15) is 0 Å². The SMILES string of the molecule is COc1cc(C#CCN)cc(OC)c1OC. The van der Waals surface area contributed by atoms with Crippen LogP contribution in [0.5, 0.6) is 17.2 Å². The van der Waals surface area contributed by atoms with E-state index in [4.69, 9.17) is 19.9 Å². The van der Waals surface area contributed by atoms with Gasteiger partial charge in [-0.05, 0) is 12.1 Å². The molecule has 0 heterocycles. The highest BCUT2D eigenvalue weighted by molar-refractivity contribution is 5.57. The molecule has 1 aromatic rings. The fourth-order valence-corrected chi connectivity index (χ4v) is 1.31. The Morgan fingerprint density at radius 2 is 1.62 bits per heavy atom. The Morgan fingerprint density at radius 3 is 2.00 bits per heavy atom. The molecule has 0 radical (unpaired) electrons. The van der Waals surface area contributed by atoms with Crippen LogP contribution in [0.25, 0.3) is 0 Å². The molecule has 86 valence electrons. The number of hydrogen-bond donors (Lipinski definition) is 1. The first-order valence-corrected chi connectivity index (χ1v) is 4.75. The van der Waals surface area contributed by atoms with E-state index in [9.17, 15) is 0 Å². The Morgan fingerprint density at radius 1 is 1.06 bits per heavy atom. The predicted octanol–water partition coefficient (Wildman–Crippen LogP) is 1.02. The van der Waals surface area contributed by atoms with Crippen LogP contribution < -0.4 is 19.9 Å². The van der Waals surface area contributed by atoms with Crippen LogP contribution in [0.1, 0.15) is 5.56 Å². The summed E-state index contributed by atoms with van der Waals surface area (Å²) in [5, 5.41) is 0. The molecule has 0 saturated carbocycles. The lowest BCUT2D eigenvalue weighted by molar-refractivity contribution is 0.324. The van der Waals surface area contributed by atoms with E-state index in [1.54, 1.807) is 33.5 Å². The minimum absolute atomic E-state index is 0.316. The van der Waals surface area contributed by atoms with Crippen molar-refractivity contribution in [1.29, 1.82) is 0 Å². The van der Waals surface area contributed by atoms with Crippen molar-refractivity contribution in [3.63, 3.8) is 0 Å². The van der Waals surface area contributed by atoms with Crippen LogP contribution >= 0.6 is 0 Å². The number of benzene rings is 1. The summed E-state index contributed by atoms with van der Waals surface area (Å²) in [6.45, 7) is 0.316. The third-order valence-corrected chi connectivity index (χ3v) is 2.00. The quantitative estimate of drug-likeness (QED) is 0.774.